The molecule has 0 radical (unpaired) electrons. The summed E-state index contributed by atoms with van der Waals surface area (Å²) >= 11 is 1.74. The average molecular weight is 401 g/mol. The third-order valence-electron chi connectivity index (χ3n) is 5.84. The van der Waals surface area contributed by atoms with Crippen molar-refractivity contribution in [2.75, 3.05) is 37.7 Å². The van der Waals surface area contributed by atoms with Gasteiger partial charge in [0, 0.05) is 11.3 Å². The largest absolute Gasteiger partial charge is 0.336 e. The van der Waals surface area contributed by atoms with E-state index in [0.29, 0.717) is 6.67 Å². The van der Waals surface area contributed by atoms with Crippen molar-refractivity contribution in [3.05, 3.63) is 52.2 Å². The molecular formula is C21H28N4O2S+2. The number of quaternary nitrogens is 2. The van der Waals surface area contributed by atoms with Gasteiger partial charge in [-0.05, 0) is 42.8 Å². The van der Waals surface area contributed by atoms with Crippen LogP contribution in [-0.4, -0.2) is 55.7 Å². The zero-order chi connectivity index (χ0) is 19.7. The Hall–Kier alpha value is -2.22. The fraction of sp³-hybridized carbons (Fsp3) is 0.429. The van der Waals surface area contributed by atoms with E-state index >= 15 is 0 Å². The van der Waals surface area contributed by atoms with Crippen LogP contribution in [0.3, 0.4) is 0 Å². The maximum absolute atomic E-state index is 13.0. The molecule has 4 rings (SSSR count). The van der Waals surface area contributed by atoms with Crippen LogP contribution in [0.4, 0.5) is 10.5 Å². The number of hydrogen-bond donors (Lipinski definition) is 2. The maximum Gasteiger partial charge on any atom is 0.336 e. The van der Waals surface area contributed by atoms with Crippen LogP contribution in [0.2, 0.25) is 0 Å². The summed E-state index contributed by atoms with van der Waals surface area (Å²) in [6.07, 6.45) is 0. The number of imide groups is 1. The summed E-state index contributed by atoms with van der Waals surface area (Å²) in [5, 5.41) is 4.34. The standard InChI is InChI=1S/C21H26N4O2S/c1-16-3-5-19(6-4-16)25-17(2)20(26)24(21(25)27)15-23-10-8-22(9-11-23)13-18-7-12-28-14-18/h3-7,12,14,17H,8-11,13,15H2,1-2H3/p+2/t17-/m0/s1. The minimum absolute atomic E-state index is 0.0916. The van der Waals surface area contributed by atoms with Crippen LogP contribution in [0.5, 0.6) is 0 Å². The summed E-state index contributed by atoms with van der Waals surface area (Å²) in [5.74, 6) is -0.0916. The van der Waals surface area contributed by atoms with Crippen molar-refractivity contribution < 1.29 is 19.4 Å². The van der Waals surface area contributed by atoms with Crippen LogP contribution in [0.25, 0.3) is 0 Å². The van der Waals surface area contributed by atoms with Gasteiger partial charge in [-0.3, -0.25) is 9.69 Å². The van der Waals surface area contributed by atoms with E-state index in [2.05, 4.69) is 16.8 Å². The Morgan fingerprint density at radius 3 is 2.36 bits per heavy atom. The zero-order valence-corrected chi connectivity index (χ0v) is 17.3. The lowest BCUT2D eigenvalue weighted by atomic mass is 10.2. The SMILES string of the molecule is Cc1ccc(N2C(=O)N(C[NH+]3CC[NH+](Cc4ccsc4)CC3)C(=O)[C@@H]2C)cc1. The Labute approximate surface area is 169 Å². The lowest BCUT2D eigenvalue weighted by Crippen LogP contribution is -3.28. The molecule has 6 nitrogen and oxygen atoms in total. The number of anilines is 1. The molecule has 0 aliphatic carbocycles. The molecule has 2 aliphatic heterocycles. The molecular weight excluding hydrogens is 372 g/mol. The van der Waals surface area contributed by atoms with Crippen molar-refractivity contribution in [1.29, 1.82) is 0 Å². The lowest BCUT2D eigenvalue weighted by molar-refractivity contribution is -1.02. The number of piperazine rings is 1. The zero-order valence-electron chi connectivity index (χ0n) is 16.5. The lowest BCUT2D eigenvalue weighted by Gasteiger charge is -2.31. The van der Waals surface area contributed by atoms with Crippen LogP contribution in [-0.2, 0) is 11.3 Å². The molecule has 1 aromatic heterocycles. The van der Waals surface area contributed by atoms with Crippen molar-refractivity contribution >= 4 is 29.0 Å². The molecule has 2 N–H and O–H groups in total. The fourth-order valence-electron chi connectivity index (χ4n) is 4.11. The van der Waals surface area contributed by atoms with Gasteiger partial charge in [0.05, 0.1) is 0 Å². The normalized spacial score (nSPS) is 25.6. The number of carbonyl (C=O) groups excluding carboxylic acids is 2. The second-order valence-corrected chi connectivity index (χ2v) is 8.68. The van der Waals surface area contributed by atoms with E-state index in [1.807, 2.05) is 38.1 Å². The Bertz CT molecular complexity index is 829. The number of amides is 3. The molecule has 148 valence electrons. The van der Waals surface area contributed by atoms with Gasteiger partial charge in [0.15, 0.2) is 6.67 Å². The third kappa shape index (κ3) is 3.83. The van der Waals surface area contributed by atoms with Crippen molar-refractivity contribution in [2.45, 2.75) is 26.4 Å². The van der Waals surface area contributed by atoms with Gasteiger partial charge in [-0.15, -0.1) is 0 Å². The van der Waals surface area contributed by atoms with Crippen molar-refractivity contribution in [3.8, 4) is 0 Å². The minimum atomic E-state index is -0.444. The first-order valence-electron chi connectivity index (χ1n) is 9.92. The number of hydrogen-bond acceptors (Lipinski definition) is 3. The molecule has 0 spiro atoms. The quantitative estimate of drug-likeness (QED) is 0.703. The number of benzene rings is 1. The van der Waals surface area contributed by atoms with Gasteiger partial charge < -0.3 is 9.80 Å². The highest BCUT2D eigenvalue weighted by Crippen LogP contribution is 2.25. The second kappa shape index (κ2) is 8.03. The van der Waals surface area contributed by atoms with Crippen molar-refractivity contribution in [2.24, 2.45) is 0 Å². The van der Waals surface area contributed by atoms with Crippen LogP contribution in [0.15, 0.2) is 41.1 Å². The average Bonchev–Trinajstić information content (AvgIpc) is 3.27. The molecule has 2 aromatic rings. The number of thiophene rings is 1. The number of nitrogens with zero attached hydrogens (tertiary/aromatic N) is 2. The Balaban J connectivity index is 1.36. The van der Waals surface area contributed by atoms with E-state index in [9.17, 15) is 9.59 Å². The number of rotatable bonds is 5. The first-order chi connectivity index (χ1) is 13.5. The molecule has 0 unspecified atom stereocenters. The van der Waals surface area contributed by atoms with Crippen LogP contribution >= 0.6 is 11.3 Å². The third-order valence-corrected chi connectivity index (χ3v) is 6.57. The number of carbonyl (C=O) groups is 2. The molecule has 2 fully saturated rings. The van der Waals surface area contributed by atoms with E-state index in [-0.39, 0.29) is 11.9 Å². The predicted molar refractivity (Wildman–Crippen MR) is 110 cm³/mol. The summed E-state index contributed by atoms with van der Waals surface area (Å²) < 4.78 is 0. The fourth-order valence-corrected chi connectivity index (χ4v) is 4.78. The van der Waals surface area contributed by atoms with Gasteiger partial charge in [-0.1, -0.05) is 17.7 Å². The number of aryl methyl sites for hydroxylation is 1. The summed E-state index contributed by atoms with van der Waals surface area (Å²) in [6, 6.07) is 9.34. The van der Waals surface area contributed by atoms with Crippen molar-refractivity contribution in [3.63, 3.8) is 0 Å². The molecule has 2 saturated heterocycles. The first-order valence-corrected chi connectivity index (χ1v) is 10.9. The molecule has 0 saturated carbocycles. The van der Waals surface area contributed by atoms with Crippen molar-refractivity contribution in [1.82, 2.24) is 4.90 Å². The molecule has 7 heteroatoms. The van der Waals surface area contributed by atoms with E-state index in [4.69, 9.17) is 0 Å². The molecule has 0 bridgehead atoms. The molecule has 3 heterocycles. The maximum atomic E-state index is 13.0. The van der Waals surface area contributed by atoms with E-state index in [1.165, 1.54) is 15.4 Å². The van der Waals surface area contributed by atoms with Crippen LogP contribution < -0.4 is 14.7 Å². The monoisotopic (exact) mass is 400 g/mol. The smallest absolute Gasteiger partial charge is 0.322 e. The number of nitrogens with one attached hydrogen (secondary N) is 2. The summed E-state index contributed by atoms with van der Waals surface area (Å²) in [4.78, 5) is 31.7. The van der Waals surface area contributed by atoms with Gasteiger partial charge in [0.25, 0.3) is 5.91 Å². The minimum Gasteiger partial charge on any atom is -0.322 e. The Kier molecular flexibility index (Phi) is 5.48. The van der Waals surface area contributed by atoms with Crippen LogP contribution in [0.1, 0.15) is 18.1 Å². The van der Waals surface area contributed by atoms with Crippen LogP contribution in [0, 0.1) is 6.92 Å². The molecule has 1 aromatic carbocycles. The summed E-state index contributed by atoms with van der Waals surface area (Å²) in [5.41, 5.74) is 3.33. The predicted octanol–water partition coefficient (Wildman–Crippen LogP) is 0.155. The summed E-state index contributed by atoms with van der Waals surface area (Å²) in [6.45, 7) is 9.47. The molecule has 1 atom stereocenters. The highest BCUT2D eigenvalue weighted by atomic mass is 32.1. The molecule has 3 amide bonds. The van der Waals surface area contributed by atoms with Gasteiger partial charge in [-0.2, -0.15) is 11.3 Å². The molecule has 2 aliphatic rings. The topological polar surface area (TPSA) is 49.5 Å². The highest BCUT2D eigenvalue weighted by molar-refractivity contribution is 7.07. The highest BCUT2D eigenvalue weighted by Gasteiger charge is 2.45. The molecule has 28 heavy (non-hydrogen) atoms. The Morgan fingerprint density at radius 2 is 1.71 bits per heavy atom. The van der Waals surface area contributed by atoms with E-state index in [1.54, 1.807) is 21.1 Å². The summed E-state index contributed by atoms with van der Waals surface area (Å²) in [7, 11) is 0. The number of urea groups is 1. The van der Waals surface area contributed by atoms with Gasteiger partial charge in [-0.25, -0.2) is 9.69 Å². The first kappa shape index (κ1) is 19.1. The second-order valence-electron chi connectivity index (χ2n) is 7.90. The Morgan fingerprint density at radius 1 is 1.04 bits per heavy atom. The van der Waals surface area contributed by atoms with E-state index in [0.717, 1.165) is 44.0 Å². The van der Waals surface area contributed by atoms with Gasteiger partial charge in [0.1, 0.15) is 38.8 Å². The van der Waals surface area contributed by atoms with E-state index < -0.39 is 6.04 Å². The van der Waals surface area contributed by atoms with Gasteiger partial charge in [0.2, 0.25) is 0 Å². The van der Waals surface area contributed by atoms with Gasteiger partial charge >= 0.3 is 6.03 Å².